The fourth-order valence-electron chi connectivity index (χ4n) is 1.48. The lowest BCUT2D eigenvalue weighted by Crippen LogP contribution is -2.30. The molecule has 0 spiro atoms. The van der Waals surface area contributed by atoms with E-state index in [1.165, 1.54) is 18.6 Å². The van der Waals surface area contributed by atoms with Gasteiger partial charge in [-0.25, -0.2) is 4.79 Å². The molecule has 0 unspecified atom stereocenters. The number of amides is 2. The predicted molar refractivity (Wildman–Crippen MR) is 80.4 cm³/mol. The van der Waals surface area contributed by atoms with Crippen molar-refractivity contribution in [3.8, 4) is 0 Å². The molecule has 4 heteroatoms. The third kappa shape index (κ3) is 6.55. The Balaban J connectivity index is 2.14. The molecule has 0 saturated heterocycles. The van der Waals surface area contributed by atoms with E-state index in [0.717, 1.165) is 17.0 Å². The first-order chi connectivity index (χ1) is 8.72. The van der Waals surface area contributed by atoms with Crippen molar-refractivity contribution in [2.24, 2.45) is 0 Å². The van der Waals surface area contributed by atoms with Crippen LogP contribution < -0.4 is 10.6 Å². The SMILES string of the molecule is CCCCSCCNC(=O)Nc1cccc(C)c1. The molecule has 2 N–H and O–H groups in total. The number of hydrogen-bond acceptors (Lipinski definition) is 2. The number of rotatable bonds is 7. The Hall–Kier alpha value is -1.16. The van der Waals surface area contributed by atoms with Crippen molar-refractivity contribution in [1.29, 1.82) is 0 Å². The Bertz CT molecular complexity index is 369. The van der Waals surface area contributed by atoms with Gasteiger partial charge in [-0.05, 0) is 36.8 Å². The van der Waals surface area contributed by atoms with Gasteiger partial charge in [-0.15, -0.1) is 0 Å². The molecule has 18 heavy (non-hydrogen) atoms. The molecule has 1 aromatic carbocycles. The van der Waals surface area contributed by atoms with E-state index in [2.05, 4.69) is 17.6 Å². The van der Waals surface area contributed by atoms with Gasteiger partial charge in [0.25, 0.3) is 0 Å². The maximum absolute atomic E-state index is 11.6. The second-order valence-corrected chi connectivity index (χ2v) is 5.44. The highest BCUT2D eigenvalue weighted by Crippen LogP contribution is 2.09. The molecule has 0 bridgehead atoms. The summed E-state index contributed by atoms with van der Waals surface area (Å²) >= 11 is 1.89. The standard InChI is InChI=1S/C14H22N2OS/c1-3-4-9-18-10-8-15-14(17)16-13-7-5-6-12(2)11-13/h5-7,11H,3-4,8-10H2,1-2H3,(H2,15,16,17). The number of nitrogens with one attached hydrogen (secondary N) is 2. The van der Waals surface area contributed by atoms with Crippen LogP contribution in [0.2, 0.25) is 0 Å². The van der Waals surface area contributed by atoms with E-state index in [1.807, 2.05) is 43.0 Å². The molecule has 1 rings (SSSR count). The lowest BCUT2D eigenvalue weighted by atomic mass is 10.2. The van der Waals surface area contributed by atoms with Crippen molar-refractivity contribution in [2.45, 2.75) is 26.7 Å². The van der Waals surface area contributed by atoms with Crippen LogP contribution in [0.5, 0.6) is 0 Å². The van der Waals surface area contributed by atoms with E-state index in [1.54, 1.807) is 0 Å². The minimum atomic E-state index is -0.128. The zero-order valence-electron chi connectivity index (χ0n) is 11.2. The normalized spacial score (nSPS) is 10.1. The number of carbonyl (C=O) groups is 1. The van der Waals surface area contributed by atoms with Crippen molar-refractivity contribution < 1.29 is 4.79 Å². The average molecular weight is 266 g/mol. The highest BCUT2D eigenvalue weighted by atomic mass is 32.2. The topological polar surface area (TPSA) is 41.1 Å². The molecule has 0 radical (unpaired) electrons. The quantitative estimate of drug-likeness (QED) is 0.740. The molecule has 0 aliphatic rings. The van der Waals surface area contributed by atoms with Crippen LogP contribution in [0, 0.1) is 6.92 Å². The molecule has 1 aromatic rings. The summed E-state index contributed by atoms with van der Waals surface area (Å²) in [6.07, 6.45) is 2.48. The molecule has 100 valence electrons. The van der Waals surface area contributed by atoms with Gasteiger partial charge in [-0.3, -0.25) is 0 Å². The van der Waals surface area contributed by atoms with Gasteiger partial charge >= 0.3 is 6.03 Å². The largest absolute Gasteiger partial charge is 0.337 e. The molecule has 0 aliphatic carbocycles. The molecular formula is C14H22N2OS. The zero-order valence-corrected chi connectivity index (χ0v) is 12.0. The van der Waals surface area contributed by atoms with Gasteiger partial charge in [0.2, 0.25) is 0 Å². The lowest BCUT2D eigenvalue weighted by molar-refractivity contribution is 0.252. The van der Waals surface area contributed by atoms with E-state index in [0.29, 0.717) is 6.54 Å². The van der Waals surface area contributed by atoms with Crippen LogP contribution >= 0.6 is 11.8 Å². The lowest BCUT2D eigenvalue weighted by Gasteiger charge is -2.07. The zero-order chi connectivity index (χ0) is 13.2. The minimum Gasteiger partial charge on any atom is -0.337 e. The highest BCUT2D eigenvalue weighted by Gasteiger charge is 2.00. The van der Waals surface area contributed by atoms with Gasteiger partial charge in [0, 0.05) is 18.0 Å². The first kappa shape index (κ1) is 14.9. The van der Waals surface area contributed by atoms with Gasteiger partial charge < -0.3 is 10.6 Å². The number of thioether (sulfide) groups is 1. The van der Waals surface area contributed by atoms with Crippen LogP contribution in [0.1, 0.15) is 25.3 Å². The molecule has 0 atom stereocenters. The summed E-state index contributed by atoms with van der Waals surface area (Å²) in [5.74, 6) is 2.15. The molecule has 3 nitrogen and oxygen atoms in total. The van der Waals surface area contributed by atoms with Gasteiger partial charge in [-0.2, -0.15) is 11.8 Å². The van der Waals surface area contributed by atoms with Gasteiger partial charge in [-0.1, -0.05) is 25.5 Å². The first-order valence-electron chi connectivity index (χ1n) is 6.41. The third-order valence-corrected chi connectivity index (χ3v) is 3.52. The van der Waals surface area contributed by atoms with Crippen LogP contribution in [-0.2, 0) is 0 Å². The number of unbranched alkanes of at least 4 members (excludes halogenated alkanes) is 1. The summed E-state index contributed by atoms with van der Waals surface area (Å²) in [5.41, 5.74) is 1.98. The number of aryl methyl sites for hydroxylation is 1. The van der Waals surface area contributed by atoms with Gasteiger partial charge in [0.1, 0.15) is 0 Å². The van der Waals surface area contributed by atoms with E-state index < -0.39 is 0 Å². The van der Waals surface area contributed by atoms with E-state index in [-0.39, 0.29) is 6.03 Å². The highest BCUT2D eigenvalue weighted by molar-refractivity contribution is 7.99. The van der Waals surface area contributed by atoms with E-state index >= 15 is 0 Å². The van der Waals surface area contributed by atoms with Crippen molar-refractivity contribution in [2.75, 3.05) is 23.4 Å². The summed E-state index contributed by atoms with van der Waals surface area (Å²) < 4.78 is 0. The number of benzene rings is 1. The van der Waals surface area contributed by atoms with Crippen molar-refractivity contribution in [1.82, 2.24) is 5.32 Å². The molecule has 0 aliphatic heterocycles. The average Bonchev–Trinajstić information content (AvgIpc) is 2.33. The molecule has 0 saturated carbocycles. The fourth-order valence-corrected chi connectivity index (χ4v) is 2.43. The number of carbonyl (C=O) groups excluding carboxylic acids is 1. The Labute approximate surface area is 114 Å². The molecule has 0 fully saturated rings. The number of anilines is 1. The Morgan fingerprint density at radius 3 is 2.89 bits per heavy atom. The first-order valence-corrected chi connectivity index (χ1v) is 7.57. The fraction of sp³-hybridized carbons (Fsp3) is 0.500. The van der Waals surface area contributed by atoms with Gasteiger partial charge in [0.15, 0.2) is 0 Å². The summed E-state index contributed by atoms with van der Waals surface area (Å²) in [6, 6.07) is 7.66. The second kappa shape index (κ2) is 8.86. The van der Waals surface area contributed by atoms with Crippen LogP contribution in [-0.4, -0.2) is 24.1 Å². The molecule has 0 aromatic heterocycles. The monoisotopic (exact) mass is 266 g/mol. The number of hydrogen-bond donors (Lipinski definition) is 2. The predicted octanol–water partition coefficient (Wildman–Crippen LogP) is 3.65. The second-order valence-electron chi connectivity index (χ2n) is 4.22. The maximum Gasteiger partial charge on any atom is 0.319 e. The maximum atomic E-state index is 11.6. The van der Waals surface area contributed by atoms with Crippen molar-refractivity contribution in [3.05, 3.63) is 29.8 Å². The smallest absolute Gasteiger partial charge is 0.319 e. The van der Waals surface area contributed by atoms with Crippen LogP contribution in [0.25, 0.3) is 0 Å². The summed E-state index contributed by atoms with van der Waals surface area (Å²) in [6.45, 7) is 4.91. The van der Waals surface area contributed by atoms with E-state index in [4.69, 9.17) is 0 Å². The Kier molecular flexibility index (Phi) is 7.34. The van der Waals surface area contributed by atoms with Crippen molar-refractivity contribution >= 4 is 23.5 Å². The minimum absolute atomic E-state index is 0.128. The summed E-state index contributed by atoms with van der Waals surface area (Å²) in [5, 5.41) is 5.68. The molecule has 0 heterocycles. The molecule has 2 amide bonds. The van der Waals surface area contributed by atoms with Gasteiger partial charge in [0.05, 0.1) is 0 Å². The summed E-state index contributed by atoms with van der Waals surface area (Å²) in [4.78, 5) is 11.6. The van der Waals surface area contributed by atoms with Crippen LogP contribution in [0.3, 0.4) is 0 Å². The third-order valence-electron chi connectivity index (χ3n) is 2.45. The molecular weight excluding hydrogens is 244 g/mol. The van der Waals surface area contributed by atoms with E-state index in [9.17, 15) is 4.79 Å². The Morgan fingerprint density at radius 2 is 2.17 bits per heavy atom. The van der Waals surface area contributed by atoms with Crippen molar-refractivity contribution in [3.63, 3.8) is 0 Å². The number of urea groups is 1. The van der Waals surface area contributed by atoms with Crippen LogP contribution in [0.15, 0.2) is 24.3 Å². The van der Waals surface area contributed by atoms with Crippen LogP contribution in [0.4, 0.5) is 10.5 Å². The summed E-state index contributed by atoms with van der Waals surface area (Å²) in [7, 11) is 0. The Morgan fingerprint density at radius 1 is 1.33 bits per heavy atom.